The summed E-state index contributed by atoms with van der Waals surface area (Å²) in [4.78, 5) is 0.131. The Kier molecular flexibility index (Phi) is 4.24. The maximum atomic E-state index is 13.6. The number of ether oxygens (including phenoxy) is 1. The summed E-state index contributed by atoms with van der Waals surface area (Å²) in [5.74, 6) is -0.159. The Morgan fingerprint density at radius 2 is 2.00 bits per heavy atom. The summed E-state index contributed by atoms with van der Waals surface area (Å²) in [6, 6.07) is 11.9. The average Bonchev–Trinajstić information content (AvgIpc) is 2.46. The maximum Gasteiger partial charge on any atom is 0.175 e. The zero-order chi connectivity index (χ0) is 15.5. The van der Waals surface area contributed by atoms with Gasteiger partial charge in [-0.15, -0.1) is 0 Å². The second kappa shape index (κ2) is 5.94. The van der Waals surface area contributed by atoms with Crippen LogP contribution in [0.3, 0.4) is 0 Å². The largest absolute Gasteiger partial charge is 0.489 e. The summed E-state index contributed by atoms with van der Waals surface area (Å²) < 4.78 is 41.9. The molecular weight excluding hydrogens is 293 g/mol. The fourth-order valence-corrected chi connectivity index (χ4v) is 2.37. The Morgan fingerprint density at radius 1 is 1.24 bits per heavy atom. The number of hydrogen-bond donors (Lipinski definition) is 0. The van der Waals surface area contributed by atoms with Crippen LogP contribution in [0.25, 0.3) is 0 Å². The van der Waals surface area contributed by atoms with Crippen LogP contribution < -0.4 is 4.74 Å². The number of rotatable bonds is 4. The Bertz CT molecular complexity index is 810. The van der Waals surface area contributed by atoms with Gasteiger partial charge in [-0.05, 0) is 36.4 Å². The highest BCUT2D eigenvalue weighted by Gasteiger charge is 2.09. The number of hydrogen-bond acceptors (Lipinski definition) is 4. The molecule has 0 saturated carbocycles. The molecule has 2 rings (SSSR count). The number of nitriles is 1. The van der Waals surface area contributed by atoms with Crippen molar-refractivity contribution in [3.05, 3.63) is 59.4 Å². The van der Waals surface area contributed by atoms with Gasteiger partial charge in [0.1, 0.15) is 18.2 Å². The molecule has 0 bridgehead atoms. The maximum absolute atomic E-state index is 13.6. The molecule has 0 aliphatic heterocycles. The van der Waals surface area contributed by atoms with Crippen molar-refractivity contribution >= 4 is 9.84 Å². The summed E-state index contributed by atoms with van der Waals surface area (Å²) >= 11 is 0. The van der Waals surface area contributed by atoms with Gasteiger partial charge in [0, 0.05) is 11.8 Å². The van der Waals surface area contributed by atoms with Gasteiger partial charge in [0.05, 0.1) is 16.5 Å². The second-order valence-electron chi connectivity index (χ2n) is 4.45. The summed E-state index contributed by atoms with van der Waals surface area (Å²) in [7, 11) is -3.32. The van der Waals surface area contributed by atoms with Gasteiger partial charge in [-0.1, -0.05) is 6.07 Å². The molecule has 21 heavy (non-hydrogen) atoms. The molecule has 0 saturated heterocycles. The molecule has 0 fully saturated rings. The lowest BCUT2D eigenvalue weighted by atomic mass is 10.1. The van der Waals surface area contributed by atoms with Gasteiger partial charge in [0.15, 0.2) is 9.84 Å². The standard InChI is InChI=1S/C15H12FNO3S/c1-21(18,19)14-4-2-3-13(8-14)20-10-12-7-11(9-17)5-6-15(12)16/h2-8H,10H2,1H3. The van der Waals surface area contributed by atoms with Gasteiger partial charge in [-0.3, -0.25) is 0 Å². The van der Waals surface area contributed by atoms with E-state index in [2.05, 4.69) is 0 Å². The van der Waals surface area contributed by atoms with Crippen LogP contribution in [0.2, 0.25) is 0 Å². The first-order valence-electron chi connectivity index (χ1n) is 6.01. The van der Waals surface area contributed by atoms with E-state index in [1.54, 1.807) is 12.1 Å². The van der Waals surface area contributed by atoms with Crippen LogP contribution in [-0.4, -0.2) is 14.7 Å². The molecule has 0 N–H and O–H groups in total. The topological polar surface area (TPSA) is 67.2 Å². The van der Waals surface area contributed by atoms with Crippen molar-refractivity contribution in [1.82, 2.24) is 0 Å². The van der Waals surface area contributed by atoms with Crippen molar-refractivity contribution in [1.29, 1.82) is 5.26 Å². The first-order valence-corrected chi connectivity index (χ1v) is 7.91. The molecule has 0 radical (unpaired) electrons. The molecule has 0 amide bonds. The molecule has 0 aromatic heterocycles. The molecule has 2 aromatic carbocycles. The van der Waals surface area contributed by atoms with Gasteiger partial charge >= 0.3 is 0 Å². The van der Waals surface area contributed by atoms with E-state index in [4.69, 9.17) is 10.00 Å². The molecule has 0 aliphatic carbocycles. The third-order valence-electron chi connectivity index (χ3n) is 2.80. The van der Waals surface area contributed by atoms with E-state index in [1.165, 1.54) is 30.3 Å². The predicted molar refractivity (Wildman–Crippen MR) is 75.0 cm³/mol. The van der Waals surface area contributed by atoms with Crippen LogP contribution in [0.5, 0.6) is 5.75 Å². The van der Waals surface area contributed by atoms with Gasteiger partial charge in [0.25, 0.3) is 0 Å². The van der Waals surface area contributed by atoms with Crippen LogP contribution in [0.1, 0.15) is 11.1 Å². The monoisotopic (exact) mass is 305 g/mol. The van der Waals surface area contributed by atoms with Crippen LogP contribution in [0, 0.1) is 17.1 Å². The molecule has 6 heteroatoms. The van der Waals surface area contributed by atoms with E-state index < -0.39 is 15.7 Å². The fraction of sp³-hybridized carbons (Fsp3) is 0.133. The quantitative estimate of drug-likeness (QED) is 0.871. The summed E-state index contributed by atoms with van der Waals surface area (Å²) in [6.07, 6.45) is 1.10. The lowest BCUT2D eigenvalue weighted by Crippen LogP contribution is -2.01. The molecular formula is C15H12FNO3S. The Labute approximate surface area is 122 Å². The van der Waals surface area contributed by atoms with Crippen LogP contribution in [0.4, 0.5) is 4.39 Å². The molecule has 0 atom stereocenters. The summed E-state index contributed by atoms with van der Waals surface area (Å²) in [5, 5.41) is 8.78. The van der Waals surface area contributed by atoms with Gasteiger partial charge in [-0.2, -0.15) is 5.26 Å². The third kappa shape index (κ3) is 3.80. The van der Waals surface area contributed by atoms with Crippen molar-refractivity contribution in [3.8, 4) is 11.8 Å². The number of benzene rings is 2. The van der Waals surface area contributed by atoms with Crippen molar-refractivity contribution < 1.29 is 17.5 Å². The Morgan fingerprint density at radius 3 is 2.67 bits per heavy atom. The summed E-state index contributed by atoms with van der Waals surface area (Å²) in [5.41, 5.74) is 0.568. The van der Waals surface area contributed by atoms with E-state index in [0.29, 0.717) is 11.3 Å². The second-order valence-corrected chi connectivity index (χ2v) is 6.47. The van der Waals surface area contributed by atoms with Crippen molar-refractivity contribution in [2.45, 2.75) is 11.5 Å². The highest BCUT2D eigenvalue weighted by molar-refractivity contribution is 7.90. The van der Waals surface area contributed by atoms with Crippen LogP contribution in [0.15, 0.2) is 47.4 Å². The van der Waals surface area contributed by atoms with E-state index in [0.717, 1.165) is 6.26 Å². The van der Waals surface area contributed by atoms with Gasteiger partial charge in [-0.25, -0.2) is 12.8 Å². The van der Waals surface area contributed by atoms with E-state index in [1.807, 2.05) is 6.07 Å². The lowest BCUT2D eigenvalue weighted by molar-refractivity contribution is 0.299. The fourth-order valence-electron chi connectivity index (χ4n) is 1.71. The SMILES string of the molecule is CS(=O)(=O)c1cccc(OCc2cc(C#N)ccc2F)c1. The van der Waals surface area contributed by atoms with Crippen LogP contribution >= 0.6 is 0 Å². The first-order chi connectivity index (χ1) is 9.90. The average molecular weight is 305 g/mol. The molecule has 0 aliphatic rings. The normalized spacial score (nSPS) is 10.9. The molecule has 108 valence electrons. The molecule has 0 unspecified atom stereocenters. The highest BCUT2D eigenvalue weighted by Crippen LogP contribution is 2.19. The Balaban J connectivity index is 2.19. The lowest BCUT2D eigenvalue weighted by Gasteiger charge is -2.08. The predicted octanol–water partition coefficient (Wildman–Crippen LogP) is 2.68. The number of nitrogens with zero attached hydrogens (tertiary/aromatic N) is 1. The summed E-state index contributed by atoms with van der Waals surface area (Å²) in [6.45, 7) is -0.0887. The van der Waals surface area contributed by atoms with Gasteiger partial charge in [0.2, 0.25) is 0 Å². The minimum absolute atomic E-state index is 0.0887. The van der Waals surface area contributed by atoms with Crippen molar-refractivity contribution in [3.63, 3.8) is 0 Å². The molecule has 0 heterocycles. The minimum atomic E-state index is -3.32. The third-order valence-corrected chi connectivity index (χ3v) is 3.91. The molecule has 0 spiro atoms. The van der Waals surface area contributed by atoms with Crippen molar-refractivity contribution in [2.24, 2.45) is 0 Å². The zero-order valence-electron chi connectivity index (χ0n) is 11.2. The van der Waals surface area contributed by atoms with E-state index >= 15 is 0 Å². The van der Waals surface area contributed by atoms with Gasteiger partial charge < -0.3 is 4.74 Å². The molecule has 4 nitrogen and oxygen atoms in total. The highest BCUT2D eigenvalue weighted by atomic mass is 32.2. The molecule has 2 aromatic rings. The van der Waals surface area contributed by atoms with Crippen molar-refractivity contribution in [2.75, 3.05) is 6.26 Å². The van der Waals surface area contributed by atoms with E-state index in [-0.39, 0.29) is 17.1 Å². The number of halogens is 1. The smallest absolute Gasteiger partial charge is 0.175 e. The number of sulfone groups is 1. The Hall–Kier alpha value is -2.39. The van der Waals surface area contributed by atoms with E-state index in [9.17, 15) is 12.8 Å². The minimum Gasteiger partial charge on any atom is -0.489 e. The zero-order valence-corrected chi connectivity index (χ0v) is 12.0. The first kappa shape index (κ1) is 15.0. The van der Waals surface area contributed by atoms with Crippen LogP contribution in [-0.2, 0) is 16.4 Å².